The third-order valence-corrected chi connectivity index (χ3v) is 3.53. The topological polar surface area (TPSA) is 132 Å². The molecule has 1 aromatic rings. The predicted molar refractivity (Wildman–Crippen MR) is 57.2 cm³/mol. The van der Waals surface area contributed by atoms with Crippen molar-refractivity contribution in [1.82, 2.24) is 14.9 Å². The largest absolute Gasteiger partial charge is 0.478 e. The molecule has 8 nitrogen and oxygen atoms in total. The molecule has 96 valence electrons. The van der Waals surface area contributed by atoms with Crippen LogP contribution >= 0.6 is 0 Å². The van der Waals surface area contributed by atoms with Gasteiger partial charge in [0.05, 0.1) is 6.61 Å². The highest BCUT2D eigenvalue weighted by Gasteiger charge is 2.28. The van der Waals surface area contributed by atoms with Crippen molar-refractivity contribution in [1.29, 1.82) is 0 Å². The van der Waals surface area contributed by atoms with Gasteiger partial charge in [0.25, 0.3) is 10.0 Å². The highest BCUT2D eigenvalue weighted by Crippen LogP contribution is 2.16. The summed E-state index contributed by atoms with van der Waals surface area (Å²) in [4.78, 5) is 10.9. The lowest BCUT2D eigenvalue weighted by atomic mass is 10.3. The second kappa shape index (κ2) is 4.82. The fourth-order valence-electron chi connectivity index (χ4n) is 1.21. The fourth-order valence-corrected chi connectivity index (χ4v) is 2.60. The predicted octanol–water partition coefficient (Wildman–Crippen LogP) is -0.925. The molecule has 0 fully saturated rings. The normalized spacial score (nSPS) is 13.6. The van der Waals surface area contributed by atoms with Crippen LogP contribution in [0.4, 0.5) is 0 Å². The Balaban J connectivity index is 3.20. The van der Waals surface area contributed by atoms with Gasteiger partial charge in [0.15, 0.2) is 0 Å². The molecule has 0 aromatic carbocycles. The number of aromatic amines is 1. The summed E-state index contributed by atoms with van der Waals surface area (Å²) in [6.07, 6.45) is 0. The lowest BCUT2D eigenvalue weighted by Gasteiger charge is -2.10. The van der Waals surface area contributed by atoms with Gasteiger partial charge in [-0.25, -0.2) is 17.9 Å². The van der Waals surface area contributed by atoms with Crippen molar-refractivity contribution >= 4 is 16.0 Å². The maximum absolute atomic E-state index is 11.8. The molecular weight excluding hydrogens is 250 g/mol. The summed E-state index contributed by atoms with van der Waals surface area (Å²) in [6, 6.07) is -0.723. The Kier molecular flexibility index (Phi) is 3.86. The molecule has 0 saturated heterocycles. The fraction of sp³-hybridized carbons (Fsp3) is 0.500. The molecule has 1 aromatic heterocycles. The molecule has 0 aliphatic rings. The van der Waals surface area contributed by atoms with Crippen LogP contribution < -0.4 is 4.72 Å². The van der Waals surface area contributed by atoms with Crippen molar-refractivity contribution in [3.63, 3.8) is 0 Å². The number of carboxylic acids is 1. The van der Waals surface area contributed by atoms with E-state index in [0.717, 1.165) is 0 Å². The first-order valence-electron chi connectivity index (χ1n) is 4.71. The second-order valence-corrected chi connectivity index (χ2v) is 5.17. The number of H-pyrrole nitrogens is 1. The number of rotatable bonds is 5. The zero-order chi connectivity index (χ0) is 13.2. The Labute approximate surface area is 97.7 Å². The lowest BCUT2D eigenvalue weighted by molar-refractivity contribution is 0.0692. The Morgan fingerprint density at radius 2 is 2.18 bits per heavy atom. The smallest absolute Gasteiger partial charge is 0.340 e. The van der Waals surface area contributed by atoms with Crippen molar-refractivity contribution in [3.8, 4) is 0 Å². The van der Waals surface area contributed by atoms with Crippen molar-refractivity contribution in [2.45, 2.75) is 24.9 Å². The van der Waals surface area contributed by atoms with Gasteiger partial charge >= 0.3 is 5.97 Å². The van der Waals surface area contributed by atoms with Gasteiger partial charge in [-0.1, -0.05) is 0 Å². The Morgan fingerprint density at radius 1 is 1.59 bits per heavy atom. The van der Waals surface area contributed by atoms with E-state index >= 15 is 0 Å². The SMILES string of the molecule is Cc1[nH]nc(S(=O)(=O)N[C@H](C)CO)c1C(=O)O. The summed E-state index contributed by atoms with van der Waals surface area (Å²) >= 11 is 0. The summed E-state index contributed by atoms with van der Waals surface area (Å²) in [5, 5.41) is 22.8. The number of sulfonamides is 1. The molecule has 4 N–H and O–H groups in total. The summed E-state index contributed by atoms with van der Waals surface area (Å²) in [6.45, 7) is 2.45. The standard InChI is InChI=1S/C8H13N3O5S/c1-4(3-12)11-17(15,16)7-6(8(13)14)5(2)9-10-7/h4,11-12H,3H2,1-2H3,(H,9,10)(H,13,14)/t4-/m1/s1. The molecule has 1 rings (SSSR count). The first-order chi connectivity index (χ1) is 7.79. The number of carboxylic acid groups (broad SMARTS) is 1. The van der Waals surface area contributed by atoms with Crippen LogP contribution in [-0.4, -0.2) is 47.4 Å². The third-order valence-electron chi connectivity index (χ3n) is 2.01. The van der Waals surface area contributed by atoms with Gasteiger partial charge in [0.1, 0.15) is 5.56 Å². The van der Waals surface area contributed by atoms with Crippen LogP contribution in [0.25, 0.3) is 0 Å². The van der Waals surface area contributed by atoms with Gasteiger partial charge < -0.3 is 10.2 Å². The molecule has 9 heteroatoms. The molecule has 0 radical (unpaired) electrons. The molecule has 1 heterocycles. The summed E-state index contributed by atoms with van der Waals surface area (Å²) < 4.78 is 25.7. The van der Waals surface area contributed by atoms with Crippen LogP contribution in [0.5, 0.6) is 0 Å². The molecule has 1 atom stereocenters. The van der Waals surface area contributed by atoms with E-state index < -0.39 is 39.2 Å². The molecule has 0 spiro atoms. The molecule has 17 heavy (non-hydrogen) atoms. The zero-order valence-corrected chi connectivity index (χ0v) is 10.1. The minimum atomic E-state index is -4.06. The van der Waals surface area contributed by atoms with Gasteiger partial charge in [-0.2, -0.15) is 5.10 Å². The van der Waals surface area contributed by atoms with Gasteiger partial charge in [-0.3, -0.25) is 5.10 Å². The van der Waals surface area contributed by atoms with Crippen molar-refractivity contribution < 1.29 is 23.4 Å². The first kappa shape index (κ1) is 13.6. The molecule has 0 amide bonds. The summed E-state index contributed by atoms with van der Waals surface area (Å²) in [5.41, 5.74) is -0.253. The first-order valence-corrected chi connectivity index (χ1v) is 6.19. The minimum Gasteiger partial charge on any atom is -0.478 e. The Morgan fingerprint density at radius 3 is 2.65 bits per heavy atom. The number of aliphatic hydroxyl groups is 1. The molecule has 0 saturated carbocycles. The number of nitrogens with zero attached hydrogens (tertiary/aromatic N) is 1. The highest BCUT2D eigenvalue weighted by molar-refractivity contribution is 7.89. The zero-order valence-electron chi connectivity index (χ0n) is 9.26. The van der Waals surface area contributed by atoms with E-state index in [0.29, 0.717) is 0 Å². The van der Waals surface area contributed by atoms with Gasteiger partial charge in [-0.15, -0.1) is 0 Å². The van der Waals surface area contributed by atoms with E-state index in [4.69, 9.17) is 10.2 Å². The summed E-state index contributed by atoms with van der Waals surface area (Å²) in [7, 11) is -4.06. The molecular formula is C8H13N3O5S. The Hall–Kier alpha value is -1.45. The number of aromatic nitrogens is 2. The number of aryl methyl sites for hydroxylation is 1. The minimum absolute atomic E-state index is 0.148. The van der Waals surface area contributed by atoms with E-state index in [1.807, 2.05) is 0 Å². The van der Waals surface area contributed by atoms with Crippen LogP contribution in [0.1, 0.15) is 23.0 Å². The molecule has 0 aliphatic heterocycles. The van der Waals surface area contributed by atoms with Crippen LogP contribution in [0, 0.1) is 6.92 Å². The third kappa shape index (κ3) is 2.81. The van der Waals surface area contributed by atoms with Crippen molar-refractivity contribution in [2.75, 3.05) is 6.61 Å². The maximum atomic E-state index is 11.8. The highest BCUT2D eigenvalue weighted by atomic mass is 32.2. The van der Waals surface area contributed by atoms with Gasteiger partial charge in [0.2, 0.25) is 5.03 Å². The average molecular weight is 263 g/mol. The van der Waals surface area contributed by atoms with Crippen molar-refractivity contribution in [3.05, 3.63) is 11.3 Å². The number of hydrogen-bond donors (Lipinski definition) is 4. The van der Waals surface area contributed by atoms with Crippen molar-refractivity contribution in [2.24, 2.45) is 0 Å². The van der Waals surface area contributed by atoms with E-state index in [1.54, 1.807) is 0 Å². The van der Waals surface area contributed by atoms with Crippen LogP contribution in [0.3, 0.4) is 0 Å². The number of hydrogen-bond acceptors (Lipinski definition) is 5. The maximum Gasteiger partial charge on any atom is 0.340 e. The average Bonchev–Trinajstić information content (AvgIpc) is 2.60. The molecule has 0 aliphatic carbocycles. The van der Waals surface area contributed by atoms with Gasteiger partial charge in [0, 0.05) is 11.7 Å². The molecule has 0 unspecified atom stereocenters. The lowest BCUT2D eigenvalue weighted by Crippen LogP contribution is -2.35. The van der Waals surface area contributed by atoms with E-state index in [1.165, 1.54) is 13.8 Å². The van der Waals surface area contributed by atoms with Crippen LogP contribution in [0.2, 0.25) is 0 Å². The van der Waals surface area contributed by atoms with E-state index in [9.17, 15) is 13.2 Å². The summed E-state index contributed by atoms with van der Waals surface area (Å²) in [5.74, 6) is -1.38. The number of aromatic carboxylic acids is 1. The second-order valence-electron chi connectivity index (χ2n) is 3.54. The quantitative estimate of drug-likeness (QED) is 0.543. The van der Waals surface area contributed by atoms with Crippen LogP contribution in [0.15, 0.2) is 5.03 Å². The van der Waals surface area contributed by atoms with Crippen LogP contribution in [-0.2, 0) is 10.0 Å². The number of carbonyl (C=O) groups is 1. The monoisotopic (exact) mass is 263 g/mol. The Bertz CT molecular complexity index is 521. The van der Waals surface area contributed by atoms with E-state index in [-0.39, 0.29) is 5.69 Å². The van der Waals surface area contributed by atoms with Gasteiger partial charge in [-0.05, 0) is 13.8 Å². The number of nitrogens with one attached hydrogen (secondary N) is 2. The van der Waals surface area contributed by atoms with E-state index in [2.05, 4.69) is 14.9 Å². The molecule has 0 bridgehead atoms. The number of aliphatic hydroxyl groups excluding tert-OH is 1.